The highest BCUT2D eigenvalue weighted by atomic mass is 16.5. The Morgan fingerprint density at radius 3 is 2.61 bits per heavy atom. The number of methoxy groups -OCH3 is 2. The number of rotatable bonds is 8. The van der Waals surface area contributed by atoms with Crippen molar-refractivity contribution in [3.05, 3.63) is 23.8 Å². The number of ether oxygens (including phenoxy) is 3. The lowest BCUT2D eigenvalue weighted by Gasteiger charge is -2.37. The van der Waals surface area contributed by atoms with Crippen LogP contribution in [0.4, 0.5) is 0 Å². The van der Waals surface area contributed by atoms with Gasteiger partial charge in [0.2, 0.25) is 0 Å². The molecule has 1 unspecified atom stereocenters. The van der Waals surface area contributed by atoms with Crippen molar-refractivity contribution in [3.63, 3.8) is 0 Å². The van der Waals surface area contributed by atoms with Gasteiger partial charge in [0.05, 0.1) is 33.5 Å². The summed E-state index contributed by atoms with van der Waals surface area (Å²) in [5.74, 6) is 2.43. The van der Waals surface area contributed by atoms with E-state index < -0.39 is 0 Å². The molecule has 1 heterocycles. The minimum atomic E-state index is 0.0295. The molecule has 0 spiro atoms. The Hall–Kier alpha value is -1.99. The van der Waals surface area contributed by atoms with Crippen LogP contribution in [0.2, 0.25) is 0 Å². The number of nitrogens with one attached hydrogen (secondary N) is 2. The van der Waals surface area contributed by atoms with Crippen LogP contribution in [0.25, 0.3) is 0 Å². The lowest BCUT2D eigenvalue weighted by Crippen LogP contribution is -2.48. The number of aliphatic imine (C=N–C) groups is 1. The number of morpholine rings is 1. The number of nitrogens with zero attached hydrogens (tertiary/aromatic N) is 2. The molecule has 1 atom stereocenters. The molecule has 1 saturated carbocycles. The van der Waals surface area contributed by atoms with E-state index >= 15 is 0 Å². The van der Waals surface area contributed by atoms with E-state index in [9.17, 15) is 0 Å². The van der Waals surface area contributed by atoms with Crippen molar-refractivity contribution in [1.82, 2.24) is 15.5 Å². The third-order valence-electron chi connectivity index (χ3n) is 6.53. The van der Waals surface area contributed by atoms with Crippen LogP contribution in [-0.4, -0.2) is 77.6 Å². The first-order chi connectivity index (χ1) is 15.1. The normalized spacial score (nSPS) is 22.1. The van der Waals surface area contributed by atoms with Gasteiger partial charge in [-0.1, -0.05) is 25.3 Å². The fourth-order valence-electron chi connectivity index (χ4n) is 4.71. The molecule has 7 nitrogen and oxygen atoms in total. The predicted molar refractivity (Wildman–Crippen MR) is 126 cm³/mol. The molecule has 1 aliphatic heterocycles. The molecule has 3 rings (SSSR count). The molecule has 1 aromatic rings. The van der Waals surface area contributed by atoms with Gasteiger partial charge in [0.1, 0.15) is 0 Å². The first-order valence-corrected chi connectivity index (χ1v) is 11.6. The lowest BCUT2D eigenvalue weighted by atomic mass is 9.69. The Morgan fingerprint density at radius 1 is 1.16 bits per heavy atom. The van der Waals surface area contributed by atoms with Gasteiger partial charge >= 0.3 is 0 Å². The summed E-state index contributed by atoms with van der Waals surface area (Å²) in [5, 5.41) is 6.91. The number of guanidine groups is 1. The summed E-state index contributed by atoms with van der Waals surface area (Å²) in [5.41, 5.74) is 1.32. The summed E-state index contributed by atoms with van der Waals surface area (Å²) in [7, 11) is 5.52. The average Bonchev–Trinajstić information content (AvgIpc) is 2.81. The maximum Gasteiger partial charge on any atom is 0.191 e. The molecule has 0 radical (unpaired) electrons. The Morgan fingerprint density at radius 2 is 1.94 bits per heavy atom. The third kappa shape index (κ3) is 6.26. The highest BCUT2D eigenvalue weighted by Gasteiger charge is 2.34. The maximum absolute atomic E-state index is 5.90. The smallest absolute Gasteiger partial charge is 0.191 e. The Bertz CT molecular complexity index is 719. The van der Waals surface area contributed by atoms with Crippen LogP contribution in [-0.2, 0) is 10.2 Å². The summed E-state index contributed by atoms with van der Waals surface area (Å²) in [6.45, 7) is 7.19. The van der Waals surface area contributed by atoms with Gasteiger partial charge in [-0.15, -0.1) is 0 Å². The molecular weight excluding hydrogens is 392 g/mol. The summed E-state index contributed by atoms with van der Waals surface area (Å²) >= 11 is 0. The molecule has 0 bridgehead atoms. The van der Waals surface area contributed by atoms with Crippen molar-refractivity contribution in [3.8, 4) is 11.5 Å². The molecule has 1 saturated heterocycles. The first kappa shape index (κ1) is 23.7. The molecular formula is C24H40N4O3. The summed E-state index contributed by atoms with van der Waals surface area (Å²) in [6.07, 6.45) is 6.23. The highest BCUT2D eigenvalue weighted by molar-refractivity contribution is 5.79. The fourth-order valence-corrected chi connectivity index (χ4v) is 4.71. The van der Waals surface area contributed by atoms with E-state index in [1.54, 1.807) is 14.2 Å². The highest BCUT2D eigenvalue weighted by Crippen LogP contribution is 2.42. The van der Waals surface area contributed by atoms with E-state index in [1.807, 2.05) is 6.07 Å². The summed E-state index contributed by atoms with van der Waals surface area (Å²) < 4.78 is 16.9. The number of hydrogen-bond donors (Lipinski definition) is 2. The molecule has 0 amide bonds. The monoisotopic (exact) mass is 432 g/mol. The van der Waals surface area contributed by atoms with Gasteiger partial charge in [-0.05, 0) is 44.5 Å². The molecule has 7 heteroatoms. The second-order valence-electron chi connectivity index (χ2n) is 8.74. The number of hydrogen-bond acceptors (Lipinski definition) is 5. The zero-order chi connectivity index (χ0) is 22.1. The minimum Gasteiger partial charge on any atom is -0.493 e. The quantitative estimate of drug-likeness (QED) is 0.486. The fraction of sp³-hybridized carbons (Fsp3) is 0.708. The maximum atomic E-state index is 5.90. The summed E-state index contributed by atoms with van der Waals surface area (Å²) in [4.78, 5) is 7.35. The molecule has 174 valence electrons. The topological polar surface area (TPSA) is 67.4 Å². The molecule has 2 N–H and O–H groups in total. The van der Waals surface area contributed by atoms with Gasteiger partial charge in [-0.3, -0.25) is 4.99 Å². The van der Waals surface area contributed by atoms with Gasteiger partial charge in [-0.25, -0.2) is 0 Å². The van der Waals surface area contributed by atoms with Crippen molar-refractivity contribution in [1.29, 1.82) is 0 Å². The number of benzene rings is 1. The van der Waals surface area contributed by atoms with Crippen molar-refractivity contribution < 1.29 is 14.2 Å². The van der Waals surface area contributed by atoms with Crippen LogP contribution in [0.3, 0.4) is 0 Å². The molecule has 0 aromatic heterocycles. The van der Waals surface area contributed by atoms with E-state index in [-0.39, 0.29) is 11.5 Å². The van der Waals surface area contributed by atoms with Gasteiger partial charge in [-0.2, -0.15) is 0 Å². The summed E-state index contributed by atoms with van der Waals surface area (Å²) in [6, 6.07) is 6.36. The van der Waals surface area contributed by atoms with Crippen LogP contribution in [0, 0.1) is 0 Å². The second kappa shape index (κ2) is 11.6. The van der Waals surface area contributed by atoms with E-state index in [0.717, 1.165) is 69.6 Å². The van der Waals surface area contributed by atoms with E-state index in [0.29, 0.717) is 0 Å². The van der Waals surface area contributed by atoms with Crippen molar-refractivity contribution in [2.75, 3.05) is 60.6 Å². The zero-order valence-electron chi connectivity index (χ0n) is 19.7. The van der Waals surface area contributed by atoms with Gasteiger partial charge in [0.25, 0.3) is 0 Å². The van der Waals surface area contributed by atoms with Crippen LogP contribution < -0.4 is 20.1 Å². The Kier molecular flexibility index (Phi) is 8.84. The zero-order valence-corrected chi connectivity index (χ0v) is 19.7. The van der Waals surface area contributed by atoms with Crippen molar-refractivity contribution >= 4 is 5.96 Å². The molecule has 1 aliphatic carbocycles. The molecule has 31 heavy (non-hydrogen) atoms. The van der Waals surface area contributed by atoms with Gasteiger partial charge in [0.15, 0.2) is 17.5 Å². The lowest BCUT2D eigenvalue weighted by molar-refractivity contribution is -0.0161. The van der Waals surface area contributed by atoms with Gasteiger partial charge in [0, 0.05) is 31.6 Å². The van der Waals surface area contributed by atoms with Gasteiger partial charge < -0.3 is 29.7 Å². The van der Waals surface area contributed by atoms with E-state index in [4.69, 9.17) is 19.2 Å². The Labute approximate surface area is 187 Å². The van der Waals surface area contributed by atoms with Crippen molar-refractivity contribution in [2.24, 2.45) is 4.99 Å². The number of likely N-dealkylation sites (N-methyl/N-ethyl adjacent to an activating group) is 1. The van der Waals surface area contributed by atoms with Crippen LogP contribution >= 0.6 is 0 Å². The predicted octanol–water partition coefficient (Wildman–Crippen LogP) is 2.79. The molecule has 2 aliphatic rings. The van der Waals surface area contributed by atoms with Crippen LogP contribution in [0.15, 0.2) is 23.2 Å². The van der Waals surface area contributed by atoms with E-state index in [2.05, 4.69) is 41.6 Å². The van der Waals surface area contributed by atoms with Crippen LogP contribution in [0.1, 0.15) is 44.6 Å². The van der Waals surface area contributed by atoms with Crippen molar-refractivity contribution in [2.45, 2.75) is 50.5 Å². The largest absolute Gasteiger partial charge is 0.493 e. The first-order valence-electron chi connectivity index (χ1n) is 11.6. The molecule has 1 aromatic carbocycles. The van der Waals surface area contributed by atoms with E-state index in [1.165, 1.54) is 24.8 Å². The van der Waals surface area contributed by atoms with Crippen LogP contribution in [0.5, 0.6) is 11.5 Å². The SMILES string of the molecule is CCNC(=NCC1(c2ccc(OC)c(OC)c2)CCCCC1)NCC1CN(C)CCO1. The Balaban J connectivity index is 1.75. The third-order valence-corrected chi connectivity index (χ3v) is 6.53. The molecule has 2 fully saturated rings. The standard InChI is InChI=1S/C24H40N4O3/c1-5-25-23(26-16-20-17-28(2)13-14-31-20)27-18-24(11-7-6-8-12-24)19-9-10-21(29-3)22(15-19)30-4/h9-10,15,20H,5-8,11-14,16-18H2,1-4H3,(H2,25,26,27). The average molecular weight is 433 g/mol. The minimum absolute atomic E-state index is 0.0295. The second-order valence-corrected chi connectivity index (χ2v) is 8.74.